The minimum atomic E-state index is -4.12. The molecule has 0 bridgehead atoms. The van der Waals surface area contributed by atoms with Gasteiger partial charge in [0.05, 0.1) is 23.9 Å². The molecule has 13 heteroatoms. The summed E-state index contributed by atoms with van der Waals surface area (Å²) in [7, 11) is -4.12. The maximum Gasteiger partial charge on any atom is 0.286 e. The van der Waals surface area contributed by atoms with E-state index in [-0.39, 0.29) is 36.2 Å². The zero-order chi connectivity index (χ0) is 24.3. The van der Waals surface area contributed by atoms with E-state index in [4.69, 9.17) is 0 Å². The zero-order valence-electron chi connectivity index (χ0n) is 18.0. The van der Waals surface area contributed by atoms with Crippen molar-refractivity contribution in [3.63, 3.8) is 0 Å². The monoisotopic (exact) mass is 490 g/mol. The Morgan fingerprint density at radius 3 is 2.74 bits per heavy atom. The van der Waals surface area contributed by atoms with Crippen LogP contribution in [0.5, 0.6) is 0 Å². The Bertz CT molecular complexity index is 1390. The van der Waals surface area contributed by atoms with E-state index < -0.39 is 28.4 Å². The van der Waals surface area contributed by atoms with E-state index in [2.05, 4.69) is 15.5 Å². The molecule has 178 valence electrons. The van der Waals surface area contributed by atoms with E-state index in [9.17, 15) is 26.8 Å². The average Bonchev–Trinajstić information content (AvgIpc) is 3.51. The smallest absolute Gasteiger partial charge is 0.286 e. The van der Waals surface area contributed by atoms with E-state index in [1.165, 1.54) is 11.1 Å². The molecule has 0 radical (unpaired) electrons. The number of para-hydroxylation sites is 1. The average molecular weight is 490 g/mol. The molecule has 0 saturated carbocycles. The largest absolute Gasteiger partial charge is 0.332 e. The van der Waals surface area contributed by atoms with Gasteiger partial charge in [0.1, 0.15) is 11.4 Å². The Balaban J connectivity index is 1.30. The van der Waals surface area contributed by atoms with Crippen molar-refractivity contribution in [1.82, 2.24) is 23.9 Å². The van der Waals surface area contributed by atoms with E-state index >= 15 is 0 Å². The lowest BCUT2D eigenvalue weighted by molar-refractivity contribution is -0.136. The highest BCUT2D eigenvalue weighted by molar-refractivity contribution is 7.89. The number of nitrogens with one attached hydrogen (secondary N) is 1. The van der Waals surface area contributed by atoms with Crippen molar-refractivity contribution in [2.45, 2.75) is 49.7 Å². The third-order valence-electron chi connectivity index (χ3n) is 6.17. The molecule has 0 saturated heterocycles. The lowest BCUT2D eigenvalue weighted by Crippen LogP contribution is -2.38. The molecule has 0 aliphatic carbocycles. The third-order valence-corrected chi connectivity index (χ3v) is 7.65. The van der Waals surface area contributed by atoms with Crippen LogP contribution in [0.25, 0.3) is 0 Å². The number of amides is 2. The van der Waals surface area contributed by atoms with Crippen LogP contribution >= 0.6 is 0 Å². The number of benzene rings is 1. The van der Waals surface area contributed by atoms with Gasteiger partial charge in [0.25, 0.3) is 16.4 Å². The Morgan fingerprint density at radius 2 is 2.00 bits per heavy atom. The summed E-state index contributed by atoms with van der Waals surface area (Å²) in [4.78, 5) is 26.9. The molecular weight excluding hydrogens is 470 g/mol. The predicted molar refractivity (Wildman–Crippen MR) is 114 cm³/mol. The molecule has 2 aromatic heterocycles. The number of nitrogens with zero attached hydrogens (tertiary/aromatic N) is 5. The first-order valence-corrected chi connectivity index (χ1v) is 11.8. The van der Waals surface area contributed by atoms with Crippen LogP contribution in [-0.4, -0.2) is 50.5 Å². The van der Waals surface area contributed by atoms with Crippen molar-refractivity contribution in [3.05, 3.63) is 59.7 Å². The number of fused-ring (bicyclic) bond motifs is 2. The molecule has 2 aliphatic rings. The van der Waals surface area contributed by atoms with Gasteiger partial charge in [0, 0.05) is 36.6 Å². The molecule has 2 aliphatic heterocycles. The van der Waals surface area contributed by atoms with Gasteiger partial charge in [-0.2, -0.15) is 22.7 Å². The van der Waals surface area contributed by atoms with Gasteiger partial charge in [-0.15, -0.1) is 0 Å². The summed E-state index contributed by atoms with van der Waals surface area (Å²) in [5, 5.41) is 10.6. The second-order valence-corrected chi connectivity index (χ2v) is 10.3. The van der Waals surface area contributed by atoms with Crippen molar-refractivity contribution in [2.24, 2.45) is 0 Å². The highest BCUT2D eigenvalue weighted by atomic mass is 32.2. The first kappa shape index (κ1) is 22.2. The molecule has 3 aromatic rings. The standard InChI is InChI=1S/C21H20F2N6O4S/c1-21(15-4-2-3-5-16(15)25-20(21)31)6-19(30)27-8-13-9-29(26-17(13)11-27)34(32,33)14-7-24-28(10-14)12-18(22)23/h2-5,7,9-10,18H,6,8,11-12H2,1H3,(H,25,31). The van der Waals surface area contributed by atoms with Crippen LogP contribution in [0.1, 0.15) is 30.2 Å². The lowest BCUT2D eigenvalue weighted by atomic mass is 9.80. The minimum Gasteiger partial charge on any atom is -0.332 e. The van der Waals surface area contributed by atoms with E-state index in [0.717, 1.165) is 26.7 Å². The van der Waals surface area contributed by atoms with Crippen molar-refractivity contribution in [2.75, 3.05) is 5.32 Å². The number of carbonyl (C=O) groups excluding carboxylic acids is 2. The molecule has 0 fully saturated rings. The molecule has 2 amide bonds. The maximum absolute atomic E-state index is 13.0. The predicted octanol–water partition coefficient (Wildman–Crippen LogP) is 1.72. The third kappa shape index (κ3) is 3.56. The van der Waals surface area contributed by atoms with Crippen molar-refractivity contribution < 1.29 is 26.8 Å². The molecule has 1 unspecified atom stereocenters. The topological polar surface area (TPSA) is 119 Å². The number of aromatic nitrogens is 4. The number of carbonyl (C=O) groups is 2. The van der Waals surface area contributed by atoms with Gasteiger partial charge in [-0.3, -0.25) is 14.3 Å². The second kappa shape index (κ2) is 7.72. The van der Waals surface area contributed by atoms with E-state index in [1.807, 2.05) is 18.2 Å². The van der Waals surface area contributed by atoms with Gasteiger partial charge in [-0.25, -0.2) is 8.78 Å². The SMILES string of the molecule is CC1(CC(=O)N2Cc3cn(S(=O)(=O)c4cnn(CC(F)F)c4)nc3C2)C(=O)Nc2ccccc21. The van der Waals surface area contributed by atoms with E-state index in [0.29, 0.717) is 16.9 Å². The zero-order valence-corrected chi connectivity index (χ0v) is 18.8. The van der Waals surface area contributed by atoms with Gasteiger partial charge in [0.2, 0.25) is 11.8 Å². The fourth-order valence-corrected chi connectivity index (χ4v) is 5.42. The molecule has 1 atom stereocenters. The molecule has 1 N–H and O–H groups in total. The maximum atomic E-state index is 13.0. The van der Waals surface area contributed by atoms with Crippen LogP contribution in [0.3, 0.4) is 0 Å². The van der Waals surface area contributed by atoms with Crippen LogP contribution in [0, 0.1) is 0 Å². The van der Waals surface area contributed by atoms with Crippen LogP contribution in [0.4, 0.5) is 14.5 Å². The molecule has 1 aromatic carbocycles. The van der Waals surface area contributed by atoms with Crippen LogP contribution in [0.15, 0.2) is 47.8 Å². The summed E-state index contributed by atoms with van der Waals surface area (Å²) in [6, 6.07) is 7.23. The van der Waals surface area contributed by atoms with Gasteiger partial charge in [0.15, 0.2) is 0 Å². The summed E-state index contributed by atoms with van der Waals surface area (Å²) < 4.78 is 52.3. The Hall–Kier alpha value is -3.61. The van der Waals surface area contributed by atoms with Crippen LogP contribution in [0.2, 0.25) is 0 Å². The normalized spacial score (nSPS) is 19.4. The number of anilines is 1. The van der Waals surface area contributed by atoms with Gasteiger partial charge < -0.3 is 10.2 Å². The number of hydrogen-bond acceptors (Lipinski definition) is 6. The number of rotatable bonds is 6. The lowest BCUT2D eigenvalue weighted by Gasteiger charge is -2.25. The molecular formula is C21H20F2N6O4S. The summed E-state index contributed by atoms with van der Waals surface area (Å²) in [6.45, 7) is 1.25. The first-order valence-electron chi connectivity index (χ1n) is 10.4. The quantitative estimate of drug-likeness (QED) is 0.562. The highest BCUT2D eigenvalue weighted by Crippen LogP contribution is 2.40. The number of hydrogen-bond donors (Lipinski definition) is 1. The van der Waals surface area contributed by atoms with Crippen molar-refractivity contribution in [3.8, 4) is 0 Å². The summed E-state index contributed by atoms with van der Waals surface area (Å²) >= 11 is 0. The highest BCUT2D eigenvalue weighted by Gasteiger charge is 2.45. The summed E-state index contributed by atoms with van der Waals surface area (Å²) in [5.74, 6) is -0.502. The Labute approximate surface area is 193 Å². The Kier molecular flexibility index (Phi) is 5.04. The van der Waals surface area contributed by atoms with Crippen LogP contribution < -0.4 is 5.32 Å². The van der Waals surface area contributed by atoms with Crippen molar-refractivity contribution in [1.29, 1.82) is 0 Å². The fourth-order valence-electron chi connectivity index (χ4n) is 4.30. The van der Waals surface area contributed by atoms with Gasteiger partial charge >= 0.3 is 0 Å². The number of halogens is 2. The fraction of sp³-hybridized carbons (Fsp3) is 0.333. The first-order chi connectivity index (χ1) is 16.1. The summed E-state index contributed by atoms with van der Waals surface area (Å²) in [6.07, 6.45) is 0.614. The minimum absolute atomic E-state index is 0.0399. The van der Waals surface area contributed by atoms with Crippen LogP contribution in [-0.2, 0) is 44.7 Å². The van der Waals surface area contributed by atoms with Crippen molar-refractivity contribution >= 4 is 27.5 Å². The Morgan fingerprint density at radius 1 is 1.24 bits per heavy atom. The molecule has 0 spiro atoms. The van der Waals surface area contributed by atoms with Gasteiger partial charge in [-0.05, 0) is 18.6 Å². The van der Waals surface area contributed by atoms with Gasteiger partial charge in [-0.1, -0.05) is 18.2 Å². The summed E-state index contributed by atoms with van der Waals surface area (Å²) in [5.41, 5.74) is 1.41. The molecule has 10 nitrogen and oxygen atoms in total. The van der Waals surface area contributed by atoms with E-state index in [1.54, 1.807) is 13.0 Å². The second-order valence-electron chi connectivity index (χ2n) is 8.53. The molecule has 5 rings (SSSR count). The molecule has 4 heterocycles. The molecule has 34 heavy (non-hydrogen) atoms. The number of alkyl halides is 2.